The van der Waals surface area contributed by atoms with Crippen LogP contribution >= 0.6 is 0 Å². The first-order valence-corrected chi connectivity index (χ1v) is 13.1. The smallest absolute Gasteiger partial charge is 0.109 e. The molecule has 7 heteroatoms. The highest BCUT2D eigenvalue weighted by Gasteiger charge is 2.41. The first-order chi connectivity index (χ1) is 15.3. The van der Waals surface area contributed by atoms with E-state index in [2.05, 4.69) is 6.92 Å². The van der Waals surface area contributed by atoms with Crippen molar-refractivity contribution in [2.24, 2.45) is 11.7 Å². The molecule has 0 aromatic heterocycles. The molecule has 7 nitrogen and oxygen atoms in total. The van der Waals surface area contributed by atoms with E-state index < -0.39 is 42.7 Å². The summed E-state index contributed by atoms with van der Waals surface area (Å²) in [7, 11) is 0. The second-order valence-corrected chi connectivity index (χ2v) is 9.96. The molecule has 0 aromatic rings. The van der Waals surface area contributed by atoms with Gasteiger partial charge in [-0.2, -0.15) is 0 Å². The molecule has 32 heavy (non-hydrogen) atoms. The highest BCUT2D eigenvalue weighted by Crippen LogP contribution is 2.27. The fraction of sp³-hybridized carbons (Fsp3) is 1.00. The van der Waals surface area contributed by atoms with E-state index in [1.807, 2.05) is 0 Å². The predicted octanol–water partition coefficient (Wildman–Crippen LogP) is 2.63. The average Bonchev–Trinajstić information content (AvgIpc) is 2.78. The highest BCUT2D eigenvalue weighted by molar-refractivity contribution is 4.92. The van der Waals surface area contributed by atoms with Crippen molar-refractivity contribution in [3.8, 4) is 0 Å². The summed E-state index contributed by atoms with van der Waals surface area (Å²) in [6.07, 6.45) is 9.73. The highest BCUT2D eigenvalue weighted by atomic mass is 16.5. The molecule has 0 aliphatic heterocycles. The van der Waals surface area contributed by atoms with Crippen molar-refractivity contribution in [3.05, 3.63) is 0 Å². The summed E-state index contributed by atoms with van der Waals surface area (Å²) in [5.41, 5.74) is 5.99. The Balaban J connectivity index is 2.08. The lowest BCUT2D eigenvalue weighted by atomic mass is 9.82. The van der Waals surface area contributed by atoms with Gasteiger partial charge in [0.05, 0.1) is 37.1 Å². The van der Waals surface area contributed by atoms with E-state index in [1.54, 1.807) is 6.92 Å². The Bertz CT molecular complexity index is 454. The van der Waals surface area contributed by atoms with Crippen LogP contribution in [-0.2, 0) is 4.74 Å². The number of hydrogen-bond acceptors (Lipinski definition) is 7. The molecule has 2 unspecified atom stereocenters. The van der Waals surface area contributed by atoms with Crippen molar-refractivity contribution in [3.63, 3.8) is 0 Å². The van der Waals surface area contributed by atoms with Crippen molar-refractivity contribution in [1.29, 1.82) is 0 Å². The SMILES string of the molecule is CCCCCCCCCCCCCC[C@@H](O)[C@@H](O)[C@@H](N)CO[C@H]1CC(C)[C@H](O)[C@H](O)C1O. The monoisotopic (exact) mass is 461 g/mol. The maximum atomic E-state index is 10.3. The number of hydrogen-bond donors (Lipinski definition) is 6. The Morgan fingerprint density at radius 2 is 1.28 bits per heavy atom. The van der Waals surface area contributed by atoms with Crippen LogP contribution in [0.5, 0.6) is 0 Å². The van der Waals surface area contributed by atoms with E-state index in [4.69, 9.17) is 10.5 Å². The zero-order chi connectivity index (χ0) is 23.9. The summed E-state index contributed by atoms with van der Waals surface area (Å²) in [5, 5.41) is 50.3. The van der Waals surface area contributed by atoms with Crippen LogP contribution < -0.4 is 5.73 Å². The van der Waals surface area contributed by atoms with E-state index in [-0.39, 0.29) is 12.5 Å². The third-order valence-corrected chi connectivity index (χ3v) is 6.96. The largest absolute Gasteiger partial charge is 0.390 e. The van der Waals surface area contributed by atoms with Gasteiger partial charge in [-0.15, -0.1) is 0 Å². The third-order valence-electron chi connectivity index (χ3n) is 6.96. The van der Waals surface area contributed by atoms with Gasteiger partial charge in [0, 0.05) is 0 Å². The fourth-order valence-corrected chi connectivity index (χ4v) is 4.55. The van der Waals surface area contributed by atoms with Gasteiger partial charge in [0.1, 0.15) is 12.2 Å². The standard InChI is InChI=1S/C25H51NO6/c1-3-4-5-6-7-8-9-10-11-12-13-14-15-20(27)23(29)19(26)17-32-21-16-18(2)22(28)25(31)24(21)30/h18-25,27-31H,3-17,26H2,1-2H3/t18?,19-,20+,21-,22-,23-,24?,25-/m0/s1. The normalized spacial score (nSPS) is 29.1. The predicted molar refractivity (Wildman–Crippen MR) is 127 cm³/mol. The van der Waals surface area contributed by atoms with Gasteiger partial charge in [-0.05, 0) is 18.8 Å². The summed E-state index contributed by atoms with van der Waals surface area (Å²) >= 11 is 0. The van der Waals surface area contributed by atoms with Crippen LogP contribution in [0.2, 0.25) is 0 Å². The molecule has 0 bridgehead atoms. The number of aliphatic hydroxyl groups is 5. The van der Waals surface area contributed by atoms with Crippen molar-refractivity contribution < 1.29 is 30.3 Å². The lowest BCUT2D eigenvalue weighted by molar-refractivity contribution is -0.174. The molecule has 192 valence electrons. The van der Waals surface area contributed by atoms with Crippen LogP contribution in [0.15, 0.2) is 0 Å². The summed E-state index contributed by atoms with van der Waals surface area (Å²) < 4.78 is 5.62. The first kappa shape index (κ1) is 29.8. The second kappa shape index (κ2) is 17.2. The van der Waals surface area contributed by atoms with Gasteiger partial charge in [-0.25, -0.2) is 0 Å². The minimum Gasteiger partial charge on any atom is -0.390 e. The topological polar surface area (TPSA) is 136 Å². The van der Waals surface area contributed by atoms with Gasteiger partial charge in [-0.3, -0.25) is 0 Å². The summed E-state index contributed by atoms with van der Waals surface area (Å²) in [6, 6.07) is -0.783. The summed E-state index contributed by atoms with van der Waals surface area (Å²) in [6.45, 7) is 3.99. The maximum Gasteiger partial charge on any atom is 0.109 e. The molecule has 0 radical (unpaired) electrons. The van der Waals surface area contributed by atoms with Crippen molar-refractivity contribution in [2.45, 2.75) is 146 Å². The Hall–Kier alpha value is -0.280. The molecule has 1 fully saturated rings. The van der Waals surface area contributed by atoms with Crippen LogP contribution in [0.1, 0.15) is 104 Å². The Morgan fingerprint density at radius 3 is 1.81 bits per heavy atom. The molecular formula is C25H51NO6. The minimum atomic E-state index is -1.26. The molecule has 1 saturated carbocycles. The zero-order valence-electron chi connectivity index (χ0n) is 20.4. The molecule has 0 aromatic carbocycles. The quantitative estimate of drug-likeness (QED) is 0.173. The Labute approximate surface area is 195 Å². The van der Waals surface area contributed by atoms with E-state index in [9.17, 15) is 25.5 Å². The molecular weight excluding hydrogens is 410 g/mol. The van der Waals surface area contributed by atoms with Gasteiger partial charge in [0.25, 0.3) is 0 Å². The number of unbranched alkanes of at least 4 members (excludes halogenated alkanes) is 11. The zero-order valence-corrected chi connectivity index (χ0v) is 20.4. The Kier molecular flexibility index (Phi) is 16.0. The maximum absolute atomic E-state index is 10.3. The lowest BCUT2D eigenvalue weighted by Gasteiger charge is -2.39. The molecule has 1 rings (SSSR count). The van der Waals surface area contributed by atoms with E-state index in [0.29, 0.717) is 12.8 Å². The number of aliphatic hydroxyl groups excluding tert-OH is 5. The van der Waals surface area contributed by atoms with Crippen molar-refractivity contribution >= 4 is 0 Å². The Morgan fingerprint density at radius 1 is 0.781 bits per heavy atom. The molecule has 0 heterocycles. The van der Waals surface area contributed by atoms with Gasteiger partial charge >= 0.3 is 0 Å². The molecule has 1 aliphatic rings. The second-order valence-electron chi connectivity index (χ2n) is 9.96. The molecule has 1 aliphatic carbocycles. The first-order valence-electron chi connectivity index (χ1n) is 13.1. The molecule has 8 atom stereocenters. The fourth-order valence-electron chi connectivity index (χ4n) is 4.55. The lowest BCUT2D eigenvalue weighted by Crippen LogP contribution is -2.55. The van der Waals surface area contributed by atoms with Crippen LogP contribution in [-0.4, -0.2) is 74.8 Å². The van der Waals surface area contributed by atoms with E-state index in [0.717, 1.165) is 19.3 Å². The number of rotatable bonds is 18. The molecule has 0 spiro atoms. The van der Waals surface area contributed by atoms with Gasteiger partial charge < -0.3 is 36.0 Å². The van der Waals surface area contributed by atoms with E-state index >= 15 is 0 Å². The molecule has 7 N–H and O–H groups in total. The average molecular weight is 462 g/mol. The van der Waals surface area contributed by atoms with Gasteiger partial charge in [0.2, 0.25) is 0 Å². The van der Waals surface area contributed by atoms with Crippen LogP contribution in [0.3, 0.4) is 0 Å². The van der Waals surface area contributed by atoms with Gasteiger partial charge in [-0.1, -0.05) is 90.9 Å². The minimum absolute atomic E-state index is 0.0338. The molecule has 0 amide bonds. The van der Waals surface area contributed by atoms with Crippen LogP contribution in [0, 0.1) is 5.92 Å². The van der Waals surface area contributed by atoms with Crippen LogP contribution in [0.25, 0.3) is 0 Å². The summed E-state index contributed by atoms with van der Waals surface area (Å²) in [5.74, 6) is -0.212. The van der Waals surface area contributed by atoms with E-state index in [1.165, 1.54) is 57.8 Å². The van der Waals surface area contributed by atoms with Gasteiger partial charge in [0.15, 0.2) is 0 Å². The number of ether oxygens (including phenoxy) is 1. The molecule has 0 saturated heterocycles. The van der Waals surface area contributed by atoms with Crippen molar-refractivity contribution in [1.82, 2.24) is 0 Å². The van der Waals surface area contributed by atoms with Crippen LogP contribution in [0.4, 0.5) is 0 Å². The summed E-state index contributed by atoms with van der Waals surface area (Å²) in [4.78, 5) is 0. The van der Waals surface area contributed by atoms with Crippen molar-refractivity contribution in [2.75, 3.05) is 6.61 Å². The third kappa shape index (κ3) is 11.2. The number of nitrogens with two attached hydrogens (primary N) is 1.